The van der Waals surface area contributed by atoms with Gasteiger partial charge in [-0.3, -0.25) is 9.20 Å². The van der Waals surface area contributed by atoms with Crippen LogP contribution >= 0.6 is 0 Å². The van der Waals surface area contributed by atoms with Crippen molar-refractivity contribution in [3.8, 4) is 11.3 Å². The van der Waals surface area contributed by atoms with Crippen molar-refractivity contribution in [3.05, 3.63) is 65.0 Å². The van der Waals surface area contributed by atoms with Crippen LogP contribution in [0.5, 0.6) is 0 Å². The van der Waals surface area contributed by atoms with Crippen LogP contribution in [0.4, 0.5) is 5.69 Å². The first-order chi connectivity index (χ1) is 13.2. The van der Waals surface area contributed by atoms with Crippen LogP contribution in [0.25, 0.3) is 22.6 Å². The predicted molar refractivity (Wildman–Crippen MR) is 105 cm³/mol. The number of aromatic nitrogens is 4. The number of aryl methyl sites for hydroxylation is 1. The highest BCUT2D eigenvalue weighted by Crippen LogP contribution is 2.20. The van der Waals surface area contributed by atoms with Crippen molar-refractivity contribution in [1.82, 2.24) is 24.1 Å². The smallest absolute Gasteiger partial charge is 0.258 e. The molecule has 7 heteroatoms. The molecular weight excluding hydrogens is 340 g/mol. The minimum Gasteiger partial charge on any atom is -0.368 e. The van der Waals surface area contributed by atoms with Crippen molar-refractivity contribution in [2.24, 2.45) is 0 Å². The lowest BCUT2D eigenvalue weighted by Crippen LogP contribution is -2.43. The van der Waals surface area contributed by atoms with Crippen LogP contribution in [-0.2, 0) is 0 Å². The lowest BCUT2D eigenvalue weighted by atomic mass is 10.2. The first kappa shape index (κ1) is 16.0. The third kappa shape index (κ3) is 2.86. The fourth-order valence-electron chi connectivity index (χ4n) is 3.62. The Kier molecular flexibility index (Phi) is 3.68. The third-order valence-electron chi connectivity index (χ3n) is 4.99. The summed E-state index contributed by atoms with van der Waals surface area (Å²) in [6, 6.07) is 9.45. The summed E-state index contributed by atoms with van der Waals surface area (Å²) in [5, 5.41) is 3.34. The summed E-state index contributed by atoms with van der Waals surface area (Å²) >= 11 is 0. The van der Waals surface area contributed by atoms with Gasteiger partial charge in [0.15, 0.2) is 0 Å². The Hall–Kier alpha value is -3.19. The molecule has 1 fully saturated rings. The molecule has 1 aliphatic rings. The number of hydrogen-bond donors (Lipinski definition) is 1. The van der Waals surface area contributed by atoms with Gasteiger partial charge >= 0.3 is 0 Å². The first-order valence-electron chi connectivity index (χ1n) is 9.12. The maximum atomic E-state index is 12.7. The Morgan fingerprint density at radius 3 is 2.63 bits per heavy atom. The van der Waals surface area contributed by atoms with E-state index >= 15 is 0 Å². The van der Waals surface area contributed by atoms with Gasteiger partial charge in [0, 0.05) is 56.4 Å². The fourth-order valence-corrected chi connectivity index (χ4v) is 3.62. The van der Waals surface area contributed by atoms with E-state index < -0.39 is 0 Å². The van der Waals surface area contributed by atoms with Crippen LogP contribution in [-0.4, -0.2) is 44.9 Å². The van der Waals surface area contributed by atoms with E-state index in [2.05, 4.69) is 15.2 Å². The van der Waals surface area contributed by atoms with E-state index in [0.717, 1.165) is 48.8 Å². The van der Waals surface area contributed by atoms with Crippen molar-refractivity contribution < 1.29 is 0 Å². The number of anilines is 1. The number of nitrogens with one attached hydrogen (secondary N) is 1. The summed E-state index contributed by atoms with van der Waals surface area (Å²) in [4.78, 5) is 24.2. The van der Waals surface area contributed by atoms with Gasteiger partial charge in [-0.05, 0) is 31.2 Å². The lowest BCUT2D eigenvalue weighted by Gasteiger charge is -2.29. The molecule has 4 aromatic rings. The second-order valence-electron chi connectivity index (χ2n) is 6.90. The maximum Gasteiger partial charge on any atom is 0.258 e. The van der Waals surface area contributed by atoms with Gasteiger partial charge in [0.2, 0.25) is 0 Å². The first-order valence-corrected chi connectivity index (χ1v) is 9.12. The fraction of sp³-hybridized carbons (Fsp3) is 0.250. The second-order valence-corrected chi connectivity index (χ2v) is 6.90. The molecular formula is C20H20N6O. The summed E-state index contributed by atoms with van der Waals surface area (Å²) in [7, 11) is 0. The molecule has 0 saturated carbocycles. The van der Waals surface area contributed by atoms with E-state index in [-0.39, 0.29) is 5.56 Å². The molecule has 0 aromatic carbocycles. The molecule has 0 spiro atoms. The molecule has 5 rings (SSSR count). The van der Waals surface area contributed by atoms with Crippen LogP contribution in [0.3, 0.4) is 0 Å². The van der Waals surface area contributed by atoms with E-state index in [1.165, 1.54) is 0 Å². The Balaban J connectivity index is 1.58. The van der Waals surface area contributed by atoms with Gasteiger partial charge in [-0.1, -0.05) is 0 Å². The molecule has 0 atom stereocenters. The van der Waals surface area contributed by atoms with Gasteiger partial charge in [-0.25, -0.2) is 9.97 Å². The highest BCUT2D eigenvalue weighted by Gasteiger charge is 2.12. The highest BCUT2D eigenvalue weighted by atomic mass is 16.1. The Labute approximate surface area is 155 Å². The molecule has 136 valence electrons. The Morgan fingerprint density at radius 2 is 1.78 bits per heavy atom. The van der Waals surface area contributed by atoms with Gasteiger partial charge in [-0.2, -0.15) is 0 Å². The molecule has 7 nitrogen and oxygen atoms in total. The normalized spacial score (nSPS) is 14.9. The number of pyridine rings is 2. The summed E-state index contributed by atoms with van der Waals surface area (Å²) < 4.78 is 3.59. The van der Waals surface area contributed by atoms with Crippen LogP contribution in [0.2, 0.25) is 0 Å². The van der Waals surface area contributed by atoms with Crippen molar-refractivity contribution in [2.75, 3.05) is 31.1 Å². The predicted octanol–water partition coefficient (Wildman–Crippen LogP) is 1.73. The Morgan fingerprint density at radius 1 is 0.963 bits per heavy atom. The van der Waals surface area contributed by atoms with E-state index in [1.807, 2.05) is 54.2 Å². The molecule has 4 aromatic heterocycles. The van der Waals surface area contributed by atoms with Crippen LogP contribution in [0.1, 0.15) is 5.69 Å². The van der Waals surface area contributed by atoms with Crippen LogP contribution < -0.4 is 15.8 Å². The number of imidazole rings is 1. The zero-order valence-electron chi connectivity index (χ0n) is 15.1. The molecule has 1 N–H and O–H groups in total. The molecule has 1 aliphatic heterocycles. The maximum absolute atomic E-state index is 12.7. The molecule has 5 heterocycles. The third-order valence-corrected chi connectivity index (χ3v) is 4.99. The van der Waals surface area contributed by atoms with Crippen molar-refractivity contribution in [2.45, 2.75) is 6.92 Å². The standard InChI is InChI=1S/C20H20N6O/c1-14-11-25-12-15(2-4-18(25)22-14)17-10-20(27)26-13-16(3-5-19(26)23-17)24-8-6-21-7-9-24/h2-5,10-13,21H,6-9H2,1H3. The molecule has 0 aliphatic carbocycles. The van der Waals surface area contributed by atoms with Gasteiger partial charge in [0.1, 0.15) is 11.3 Å². The second kappa shape index (κ2) is 6.21. The van der Waals surface area contributed by atoms with E-state index in [1.54, 1.807) is 10.5 Å². The van der Waals surface area contributed by atoms with Gasteiger partial charge in [0.05, 0.1) is 17.1 Å². The molecule has 1 saturated heterocycles. The quantitative estimate of drug-likeness (QED) is 0.590. The largest absolute Gasteiger partial charge is 0.368 e. The summed E-state index contributed by atoms with van der Waals surface area (Å²) in [5.41, 5.74) is 5.03. The van der Waals surface area contributed by atoms with Gasteiger partial charge in [0.25, 0.3) is 5.56 Å². The average Bonchev–Trinajstić information content (AvgIpc) is 3.07. The average molecular weight is 360 g/mol. The molecule has 27 heavy (non-hydrogen) atoms. The van der Waals surface area contributed by atoms with Crippen molar-refractivity contribution in [1.29, 1.82) is 0 Å². The zero-order valence-corrected chi connectivity index (χ0v) is 15.1. The van der Waals surface area contributed by atoms with Gasteiger partial charge < -0.3 is 14.6 Å². The van der Waals surface area contributed by atoms with E-state index in [4.69, 9.17) is 4.98 Å². The minimum atomic E-state index is -0.0751. The highest BCUT2D eigenvalue weighted by molar-refractivity contribution is 5.64. The molecule has 0 unspecified atom stereocenters. The molecule has 0 radical (unpaired) electrons. The van der Waals surface area contributed by atoms with E-state index in [0.29, 0.717) is 11.3 Å². The molecule has 0 bridgehead atoms. The summed E-state index contributed by atoms with van der Waals surface area (Å²) in [6.45, 7) is 5.76. The molecule has 0 amide bonds. The Bertz CT molecular complexity index is 1200. The summed E-state index contributed by atoms with van der Waals surface area (Å²) in [6.07, 6.45) is 5.82. The van der Waals surface area contributed by atoms with Gasteiger partial charge in [-0.15, -0.1) is 0 Å². The SMILES string of the molecule is Cc1cn2cc(-c3cc(=O)n4cc(N5CCNCC5)ccc4n3)ccc2n1. The van der Waals surface area contributed by atoms with E-state index in [9.17, 15) is 4.79 Å². The number of nitrogens with zero attached hydrogens (tertiary/aromatic N) is 5. The number of fused-ring (bicyclic) bond motifs is 2. The summed E-state index contributed by atoms with van der Waals surface area (Å²) in [5.74, 6) is 0. The lowest BCUT2D eigenvalue weighted by molar-refractivity contribution is 0.588. The van der Waals surface area contributed by atoms with Crippen LogP contribution in [0, 0.1) is 6.92 Å². The number of hydrogen-bond acceptors (Lipinski definition) is 5. The minimum absolute atomic E-state index is 0.0751. The topological polar surface area (TPSA) is 66.9 Å². The number of piperazine rings is 1. The van der Waals surface area contributed by atoms with Crippen LogP contribution in [0.15, 0.2) is 53.7 Å². The zero-order chi connectivity index (χ0) is 18.4. The van der Waals surface area contributed by atoms with Crippen molar-refractivity contribution >= 4 is 17.0 Å². The number of rotatable bonds is 2. The van der Waals surface area contributed by atoms with Crippen molar-refractivity contribution in [3.63, 3.8) is 0 Å². The monoisotopic (exact) mass is 360 g/mol.